The Hall–Kier alpha value is -0.710. The van der Waals surface area contributed by atoms with Gasteiger partial charge in [-0.1, -0.05) is 18.6 Å². The number of carbonyl (C=O) groups excluding carboxylic acids is 1. The maximum atomic E-state index is 12.5. The van der Waals surface area contributed by atoms with Crippen LogP contribution in [0.4, 0.5) is 0 Å². The number of carbonyl (C=O) groups is 1. The zero-order chi connectivity index (χ0) is 16.4. The van der Waals surface area contributed by atoms with Gasteiger partial charge in [0.05, 0.1) is 12.7 Å². The summed E-state index contributed by atoms with van der Waals surface area (Å²) in [4.78, 5) is 12.5. The highest BCUT2D eigenvalue weighted by Gasteiger charge is 2.61. The van der Waals surface area contributed by atoms with Crippen LogP contribution in [-0.4, -0.2) is 39.9 Å². The van der Waals surface area contributed by atoms with Gasteiger partial charge in [-0.3, -0.25) is 4.79 Å². The third-order valence-electron chi connectivity index (χ3n) is 7.82. The molecule has 4 rings (SSSR count). The summed E-state index contributed by atoms with van der Waals surface area (Å²) in [6.45, 7) is 2.19. The van der Waals surface area contributed by atoms with Gasteiger partial charge in [0.25, 0.3) is 0 Å². The van der Waals surface area contributed by atoms with Gasteiger partial charge < -0.3 is 15.3 Å². The van der Waals surface area contributed by atoms with Crippen LogP contribution in [0.1, 0.15) is 51.9 Å². The van der Waals surface area contributed by atoms with Crippen molar-refractivity contribution >= 4 is 5.78 Å². The summed E-state index contributed by atoms with van der Waals surface area (Å²) in [6.07, 6.45) is 6.74. The summed E-state index contributed by atoms with van der Waals surface area (Å²) in [5.74, 6) is 1.03. The van der Waals surface area contributed by atoms with E-state index < -0.39 is 6.10 Å². The quantitative estimate of drug-likeness (QED) is 0.644. The van der Waals surface area contributed by atoms with Gasteiger partial charge in [-0.25, -0.2) is 0 Å². The lowest BCUT2D eigenvalue weighted by molar-refractivity contribution is -0.137. The topological polar surface area (TPSA) is 77.8 Å². The summed E-state index contributed by atoms with van der Waals surface area (Å²) in [5.41, 5.74) is 0.671. The van der Waals surface area contributed by atoms with E-state index in [1.807, 2.05) is 6.92 Å². The highest BCUT2D eigenvalue weighted by molar-refractivity contribution is 5.91. The Morgan fingerprint density at radius 1 is 1.22 bits per heavy atom. The molecule has 128 valence electrons. The lowest BCUT2D eigenvalue weighted by Gasteiger charge is -2.57. The largest absolute Gasteiger partial charge is 0.395 e. The third-order valence-corrected chi connectivity index (χ3v) is 7.82. The Labute approximate surface area is 137 Å². The van der Waals surface area contributed by atoms with Gasteiger partial charge in [-0.2, -0.15) is 0 Å². The molecule has 23 heavy (non-hydrogen) atoms. The molecule has 4 aliphatic carbocycles. The van der Waals surface area contributed by atoms with Crippen LogP contribution >= 0.6 is 0 Å². The summed E-state index contributed by atoms with van der Waals surface area (Å²) in [7, 11) is 0. The van der Waals surface area contributed by atoms with Crippen molar-refractivity contribution in [3.63, 3.8) is 0 Å². The van der Waals surface area contributed by atoms with E-state index in [-0.39, 0.29) is 35.2 Å². The van der Waals surface area contributed by atoms with Gasteiger partial charge in [0, 0.05) is 10.8 Å². The molecular formula is C19H28O4. The molecule has 0 bridgehead atoms. The van der Waals surface area contributed by atoms with E-state index in [0.29, 0.717) is 24.7 Å². The van der Waals surface area contributed by atoms with E-state index in [4.69, 9.17) is 0 Å². The number of allylic oxidation sites excluding steroid dienone is 1. The fourth-order valence-corrected chi connectivity index (χ4v) is 6.52. The molecule has 0 aliphatic heterocycles. The third kappa shape index (κ3) is 1.98. The molecule has 4 heteroatoms. The molecular weight excluding hydrogens is 292 g/mol. The highest BCUT2D eigenvalue weighted by atomic mass is 16.3. The Balaban J connectivity index is 1.72. The van der Waals surface area contributed by atoms with Crippen molar-refractivity contribution in [2.24, 2.45) is 28.6 Å². The summed E-state index contributed by atoms with van der Waals surface area (Å²) in [5, 5.41) is 30.4. The fraction of sp³-hybridized carbons (Fsp3) is 0.842. The average molecular weight is 320 g/mol. The number of hydrogen-bond acceptors (Lipinski definition) is 4. The minimum absolute atomic E-state index is 0.0350. The molecule has 3 N–H and O–H groups in total. The van der Waals surface area contributed by atoms with Crippen LogP contribution in [0.3, 0.4) is 0 Å². The maximum absolute atomic E-state index is 12.5. The number of rotatable bonds is 1. The summed E-state index contributed by atoms with van der Waals surface area (Å²) < 4.78 is 0. The number of Topliss-reactive ketones (excluding diaryl/α,β-unsaturated/α-hetero) is 1. The molecule has 3 saturated carbocycles. The number of aliphatic hydroxyl groups excluding tert-OH is 3. The average Bonchev–Trinajstić information content (AvgIpc) is 2.78. The first kappa shape index (κ1) is 15.8. The molecule has 0 radical (unpaired) electrons. The number of ketones is 1. The highest BCUT2D eigenvalue weighted by Crippen LogP contribution is 2.63. The lowest BCUT2D eigenvalue weighted by atomic mass is 9.47. The molecule has 0 aromatic rings. The van der Waals surface area contributed by atoms with Gasteiger partial charge >= 0.3 is 0 Å². The minimum atomic E-state index is -0.799. The second kappa shape index (κ2) is 5.14. The van der Waals surface area contributed by atoms with Gasteiger partial charge in [-0.15, -0.1) is 0 Å². The van der Waals surface area contributed by atoms with Crippen molar-refractivity contribution in [1.29, 1.82) is 0 Å². The first-order chi connectivity index (χ1) is 10.9. The van der Waals surface area contributed by atoms with Crippen LogP contribution in [0, 0.1) is 28.6 Å². The SMILES string of the molecule is C[C@]12CC[C@H]3[C@H](CC=C4C[C@@H](O)CC[C@@]43CO)[C@H]1C[C@H](O)C2=O. The normalized spacial score (nSPS) is 52.4. The van der Waals surface area contributed by atoms with Crippen LogP contribution in [0.2, 0.25) is 0 Å². The molecule has 0 saturated heterocycles. The van der Waals surface area contributed by atoms with Crippen LogP contribution in [0.15, 0.2) is 11.6 Å². The van der Waals surface area contributed by atoms with Crippen LogP contribution in [-0.2, 0) is 4.79 Å². The summed E-state index contributed by atoms with van der Waals surface area (Å²) >= 11 is 0. The number of aliphatic hydroxyl groups is 3. The van der Waals surface area contributed by atoms with Crippen molar-refractivity contribution < 1.29 is 20.1 Å². The summed E-state index contributed by atoms with van der Waals surface area (Å²) in [6, 6.07) is 0. The fourth-order valence-electron chi connectivity index (χ4n) is 6.52. The van der Waals surface area contributed by atoms with Crippen LogP contribution < -0.4 is 0 Å². The molecule has 7 atom stereocenters. The standard InChI is InChI=1S/C19H28O4/c1-18-6-5-14-13(15(18)9-16(22)17(18)23)3-2-11-8-12(21)4-7-19(11,14)10-20/h2,12-16,20-22H,3-10H2,1H3/t12-,13-,14-,15+,16-,18-,19+/m0/s1. The van der Waals surface area contributed by atoms with Crippen molar-refractivity contribution in [3.05, 3.63) is 11.6 Å². The molecule has 3 fully saturated rings. The van der Waals surface area contributed by atoms with Crippen molar-refractivity contribution in [3.8, 4) is 0 Å². The molecule has 0 spiro atoms. The maximum Gasteiger partial charge on any atom is 0.167 e. The van der Waals surface area contributed by atoms with Crippen molar-refractivity contribution in [1.82, 2.24) is 0 Å². The molecule has 4 aliphatic rings. The minimum Gasteiger partial charge on any atom is -0.395 e. The first-order valence-corrected chi connectivity index (χ1v) is 9.13. The predicted molar refractivity (Wildman–Crippen MR) is 85.5 cm³/mol. The number of fused-ring (bicyclic) bond motifs is 5. The number of hydrogen-bond donors (Lipinski definition) is 3. The Morgan fingerprint density at radius 2 is 2.00 bits per heavy atom. The van der Waals surface area contributed by atoms with E-state index >= 15 is 0 Å². The molecule has 0 aromatic carbocycles. The smallest absolute Gasteiger partial charge is 0.167 e. The van der Waals surface area contributed by atoms with E-state index in [1.54, 1.807) is 0 Å². The molecule has 0 heterocycles. The van der Waals surface area contributed by atoms with Crippen molar-refractivity contribution in [2.75, 3.05) is 6.61 Å². The monoisotopic (exact) mass is 320 g/mol. The van der Waals surface area contributed by atoms with Gasteiger partial charge in [0.2, 0.25) is 0 Å². The van der Waals surface area contributed by atoms with Gasteiger partial charge in [-0.05, 0) is 62.7 Å². The second-order valence-corrected chi connectivity index (χ2v) is 8.62. The van der Waals surface area contributed by atoms with Gasteiger partial charge in [0.1, 0.15) is 6.10 Å². The van der Waals surface area contributed by atoms with Crippen LogP contribution in [0.5, 0.6) is 0 Å². The zero-order valence-corrected chi connectivity index (χ0v) is 13.9. The Morgan fingerprint density at radius 3 is 2.74 bits per heavy atom. The lowest BCUT2D eigenvalue weighted by Crippen LogP contribution is -2.53. The molecule has 0 amide bonds. The van der Waals surface area contributed by atoms with Gasteiger partial charge in [0.15, 0.2) is 5.78 Å². The van der Waals surface area contributed by atoms with E-state index in [1.165, 1.54) is 5.57 Å². The van der Waals surface area contributed by atoms with Crippen LogP contribution in [0.25, 0.3) is 0 Å². The van der Waals surface area contributed by atoms with E-state index in [2.05, 4.69) is 6.08 Å². The van der Waals surface area contributed by atoms with E-state index in [9.17, 15) is 20.1 Å². The first-order valence-electron chi connectivity index (χ1n) is 9.13. The Bertz CT molecular complexity index is 556. The predicted octanol–water partition coefficient (Wildman–Crippen LogP) is 1.82. The van der Waals surface area contributed by atoms with E-state index in [0.717, 1.165) is 32.1 Å². The molecule has 0 aromatic heterocycles. The Kier molecular flexibility index (Phi) is 3.53. The second-order valence-electron chi connectivity index (χ2n) is 8.62. The molecule has 4 nitrogen and oxygen atoms in total. The van der Waals surface area contributed by atoms with Crippen molar-refractivity contribution in [2.45, 2.75) is 64.1 Å². The molecule has 0 unspecified atom stereocenters. The zero-order valence-electron chi connectivity index (χ0n) is 13.9.